The van der Waals surface area contributed by atoms with E-state index in [1.54, 1.807) is 0 Å². The fourth-order valence-corrected chi connectivity index (χ4v) is 3.91. The summed E-state index contributed by atoms with van der Waals surface area (Å²) in [7, 11) is 0. The maximum Gasteiger partial charge on any atom is 0.311 e. The molecule has 2 fully saturated rings. The third-order valence-electron chi connectivity index (χ3n) is 5.00. The highest BCUT2D eigenvalue weighted by Crippen LogP contribution is 2.48. The van der Waals surface area contributed by atoms with Gasteiger partial charge in [-0.15, -0.1) is 0 Å². The molecule has 1 N–H and O–H groups in total. The van der Waals surface area contributed by atoms with E-state index in [2.05, 4.69) is 4.90 Å². The Morgan fingerprint density at radius 1 is 1.38 bits per heavy atom. The van der Waals surface area contributed by atoms with E-state index in [4.69, 9.17) is 4.74 Å². The number of aliphatic carboxylic acids is 1. The third-order valence-corrected chi connectivity index (χ3v) is 5.00. The maximum absolute atomic E-state index is 11.6. The molecule has 4 nitrogen and oxygen atoms in total. The van der Waals surface area contributed by atoms with Gasteiger partial charge in [-0.05, 0) is 37.3 Å². The highest BCUT2D eigenvalue weighted by atomic mass is 16.5. The van der Waals surface area contributed by atoms with Crippen LogP contribution < -0.4 is 4.74 Å². The van der Waals surface area contributed by atoms with Crippen LogP contribution in [0.4, 0.5) is 0 Å². The second-order valence-electron chi connectivity index (χ2n) is 6.30. The number of nitrogens with zero attached hydrogens (tertiary/aromatic N) is 1. The van der Waals surface area contributed by atoms with Crippen molar-refractivity contribution in [1.29, 1.82) is 0 Å². The summed E-state index contributed by atoms with van der Waals surface area (Å²) in [6.45, 7) is 3.28. The highest BCUT2D eigenvalue weighted by molar-refractivity contribution is 5.76. The van der Waals surface area contributed by atoms with Gasteiger partial charge in [0.2, 0.25) is 0 Å². The van der Waals surface area contributed by atoms with Crippen LogP contribution in [0.15, 0.2) is 30.3 Å². The van der Waals surface area contributed by atoms with Crippen LogP contribution in [0.3, 0.4) is 0 Å². The minimum Gasteiger partial charge on any atom is -0.494 e. The van der Waals surface area contributed by atoms with E-state index < -0.39 is 11.4 Å². The monoisotopic (exact) mass is 289 g/mol. The van der Waals surface area contributed by atoms with E-state index in [9.17, 15) is 9.90 Å². The van der Waals surface area contributed by atoms with Crippen molar-refractivity contribution in [3.63, 3.8) is 0 Å². The lowest BCUT2D eigenvalue weighted by molar-refractivity contribution is -0.149. The number of carbonyl (C=O) groups is 1. The zero-order valence-electron chi connectivity index (χ0n) is 12.3. The molecule has 114 valence electrons. The number of ether oxygens (including phenoxy) is 1. The lowest BCUT2D eigenvalue weighted by Crippen LogP contribution is -2.36. The molecule has 1 aromatic rings. The van der Waals surface area contributed by atoms with Crippen molar-refractivity contribution in [2.24, 2.45) is 11.3 Å². The Kier molecular flexibility index (Phi) is 4.15. The van der Waals surface area contributed by atoms with Gasteiger partial charge in [0, 0.05) is 19.6 Å². The smallest absolute Gasteiger partial charge is 0.311 e. The first kappa shape index (κ1) is 14.4. The van der Waals surface area contributed by atoms with Crippen molar-refractivity contribution in [3.05, 3.63) is 30.3 Å². The second kappa shape index (κ2) is 6.06. The van der Waals surface area contributed by atoms with Gasteiger partial charge < -0.3 is 14.7 Å². The van der Waals surface area contributed by atoms with Crippen LogP contribution in [-0.4, -0.2) is 42.2 Å². The van der Waals surface area contributed by atoms with Crippen LogP contribution in [0.25, 0.3) is 0 Å². The number of hydrogen-bond acceptors (Lipinski definition) is 3. The molecule has 0 radical (unpaired) electrons. The van der Waals surface area contributed by atoms with Gasteiger partial charge in [0.05, 0.1) is 12.0 Å². The lowest BCUT2D eigenvalue weighted by atomic mass is 9.81. The Labute approximate surface area is 125 Å². The van der Waals surface area contributed by atoms with Crippen molar-refractivity contribution in [1.82, 2.24) is 4.90 Å². The third kappa shape index (κ3) is 2.91. The number of carboxylic acid groups (broad SMARTS) is 1. The lowest BCUT2D eigenvalue weighted by Gasteiger charge is -2.23. The van der Waals surface area contributed by atoms with Crippen molar-refractivity contribution >= 4 is 5.97 Å². The Hall–Kier alpha value is -1.55. The average Bonchev–Trinajstić information content (AvgIpc) is 3.02. The molecule has 1 aliphatic heterocycles. The van der Waals surface area contributed by atoms with Crippen LogP contribution in [-0.2, 0) is 4.79 Å². The maximum atomic E-state index is 11.6. The molecule has 1 aromatic carbocycles. The number of hydrogen-bond donors (Lipinski definition) is 1. The quantitative estimate of drug-likeness (QED) is 0.818. The van der Waals surface area contributed by atoms with Crippen LogP contribution >= 0.6 is 0 Å². The minimum absolute atomic E-state index is 0.352. The molecule has 21 heavy (non-hydrogen) atoms. The Bertz CT molecular complexity index is 490. The molecule has 4 heteroatoms. The minimum atomic E-state index is -0.590. The molecule has 0 unspecified atom stereocenters. The SMILES string of the molecule is O=C(O)[C@@]12CCC[C@H]1CN(CCCOc1ccccc1)C2. The van der Waals surface area contributed by atoms with Gasteiger partial charge in [0.1, 0.15) is 5.75 Å². The van der Waals surface area contributed by atoms with Crippen LogP contribution in [0.2, 0.25) is 0 Å². The number of benzene rings is 1. The predicted molar refractivity (Wildman–Crippen MR) is 80.4 cm³/mol. The summed E-state index contributed by atoms with van der Waals surface area (Å²) in [6, 6.07) is 9.82. The van der Waals surface area contributed by atoms with Gasteiger partial charge in [-0.3, -0.25) is 4.79 Å². The zero-order chi connectivity index (χ0) is 14.7. The fourth-order valence-electron chi connectivity index (χ4n) is 3.91. The summed E-state index contributed by atoms with van der Waals surface area (Å²) in [5, 5.41) is 9.56. The predicted octanol–water partition coefficient (Wildman–Crippen LogP) is 2.64. The largest absolute Gasteiger partial charge is 0.494 e. The molecule has 1 heterocycles. The van der Waals surface area contributed by atoms with E-state index >= 15 is 0 Å². The number of carboxylic acids is 1. The van der Waals surface area contributed by atoms with Gasteiger partial charge >= 0.3 is 5.97 Å². The van der Waals surface area contributed by atoms with Crippen molar-refractivity contribution in [2.45, 2.75) is 25.7 Å². The number of fused-ring (bicyclic) bond motifs is 1. The molecule has 1 saturated heterocycles. The number of para-hydroxylation sites is 1. The topological polar surface area (TPSA) is 49.8 Å². The summed E-state index contributed by atoms with van der Waals surface area (Å²) in [5.41, 5.74) is -0.458. The van der Waals surface area contributed by atoms with Gasteiger partial charge in [-0.1, -0.05) is 24.6 Å². The molecular formula is C17H23NO3. The molecule has 3 rings (SSSR count). The van der Waals surface area contributed by atoms with Crippen molar-refractivity contribution in [2.75, 3.05) is 26.2 Å². The standard InChI is InChI=1S/C17H23NO3/c19-16(20)17-9-4-6-14(17)12-18(13-17)10-5-11-21-15-7-2-1-3-8-15/h1-3,7-8,14H,4-6,9-13H2,(H,19,20)/t14-,17+/m0/s1. The molecule has 0 spiro atoms. The average molecular weight is 289 g/mol. The summed E-state index contributed by atoms with van der Waals surface area (Å²) >= 11 is 0. The molecule has 1 saturated carbocycles. The molecule has 2 atom stereocenters. The van der Waals surface area contributed by atoms with Crippen molar-refractivity contribution in [3.8, 4) is 5.75 Å². The fraction of sp³-hybridized carbons (Fsp3) is 0.588. The van der Waals surface area contributed by atoms with E-state index in [-0.39, 0.29) is 0 Å². The first-order valence-electron chi connectivity index (χ1n) is 7.84. The van der Waals surface area contributed by atoms with E-state index in [1.165, 1.54) is 0 Å². The van der Waals surface area contributed by atoms with Crippen molar-refractivity contribution < 1.29 is 14.6 Å². The normalized spacial score (nSPS) is 28.5. The summed E-state index contributed by atoms with van der Waals surface area (Å²) in [4.78, 5) is 13.9. The Balaban J connectivity index is 1.44. The van der Waals surface area contributed by atoms with Crippen LogP contribution in [0, 0.1) is 11.3 Å². The number of likely N-dealkylation sites (tertiary alicyclic amines) is 1. The molecule has 0 amide bonds. The first-order valence-corrected chi connectivity index (χ1v) is 7.84. The Morgan fingerprint density at radius 3 is 2.90 bits per heavy atom. The first-order chi connectivity index (χ1) is 10.2. The van der Waals surface area contributed by atoms with Crippen LogP contribution in [0.1, 0.15) is 25.7 Å². The second-order valence-corrected chi connectivity index (χ2v) is 6.30. The van der Waals surface area contributed by atoms with Crippen LogP contribution in [0.5, 0.6) is 5.75 Å². The zero-order valence-corrected chi connectivity index (χ0v) is 12.3. The van der Waals surface area contributed by atoms with E-state index in [1.807, 2.05) is 30.3 Å². The van der Waals surface area contributed by atoms with E-state index in [0.717, 1.165) is 51.1 Å². The van der Waals surface area contributed by atoms with Gasteiger partial charge in [-0.25, -0.2) is 0 Å². The summed E-state index contributed by atoms with van der Waals surface area (Å²) in [5.74, 6) is 0.663. The van der Waals surface area contributed by atoms with Gasteiger partial charge in [-0.2, -0.15) is 0 Å². The molecule has 2 aliphatic rings. The summed E-state index contributed by atoms with van der Waals surface area (Å²) in [6.07, 6.45) is 3.94. The number of rotatable bonds is 6. The Morgan fingerprint density at radius 2 is 2.19 bits per heavy atom. The van der Waals surface area contributed by atoms with Gasteiger partial charge in [0.15, 0.2) is 0 Å². The highest BCUT2D eigenvalue weighted by Gasteiger charge is 2.54. The van der Waals surface area contributed by atoms with Gasteiger partial charge in [0.25, 0.3) is 0 Å². The molecule has 1 aliphatic carbocycles. The molecule has 0 bridgehead atoms. The summed E-state index contributed by atoms with van der Waals surface area (Å²) < 4.78 is 5.69. The molecule has 0 aromatic heterocycles. The molecular weight excluding hydrogens is 266 g/mol. The van der Waals surface area contributed by atoms with E-state index in [0.29, 0.717) is 12.5 Å².